The van der Waals surface area contributed by atoms with E-state index in [4.69, 9.17) is 14.3 Å². The summed E-state index contributed by atoms with van der Waals surface area (Å²) in [6.07, 6.45) is 2.00. The van der Waals surface area contributed by atoms with Crippen LogP contribution in [0.5, 0.6) is 0 Å². The number of aromatic amines is 1. The first kappa shape index (κ1) is 25.5. The van der Waals surface area contributed by atoms with E-state index in [0.29, 0.717) is 58.6 Å². The number of H-pyrrole nitrogens is 1. The third-order valence-electron chi connectivity index (χ3n) is 6.25. The van der Waals surface area contributed by atoms with E-state index in [1.165, 1.54) is 11.8 Å². The number of fused-ring (bicyclic) bond motifs is 3. The molecule has 194 valence electrons. The second-order valence-corrected chi connectivity index (χ2v) is 9.46. The number of furan rings is 1. The maximum atomic E-state index is 13.5. The van der Waals surface area contributed by atoms with Gasteiger partial charge in [-0.05, 0) is 60.7 Å². The summed E-state index contributed by atoms with van der Waals surface area (Å²) in [6, 6.07) is 17.8. The summed E-state index contributed by atoms with van der Waals surface area (Å²) in [5.41, 5.74) is 2.49. The molecule has 1 unspecified atom stereocenters. The summed E-state index contributed by atoms with van der Waals surface area (Å²) < 4.78 is 12.9. The van der Waals surface area contributed by atoms with Gasteiger partial charge in [-0.3, -0.25) is 14.6 Å². The summed E-state index contributed by atoms with van der Waals surface area (Å²) in [5.74, 6) is 0.505. The maximum Gasteiger partial charge on any atom is 0.338 e. The Bertz CT molecular complexity index is 1560. The molecule has 1 N–H and O–H groups in total. The summed E-state index contributed by atoms with van der Waals surface area (Å²) in [5, 5.41) is 5.11. The number of rotatable bonds is 7. The smallest absolute Gasteiger partial charge is 0.338 e. The van der Waals surface area contributed by atoms with E-state index in [0.717, 1.165) is 5.56 Å². The van der Waals surface area contributed by atoms with Gasteiger partial charge >= 0.3 is 23.4 Å². The molecule has 4 aromatic rings. The van der Waals surface area contributed by atoms with Crippen molar-refractivity contribution in [3.63, 3.8) is 0 Å². The third kappa shape index (κ3) is 4.51. The van der Waals surface area contributed by atoms with E-state index in [1.807, 2.05) is 37.4 Å². The fourth-order valence-electron chi connectivity index (χ4n) is 4.56. The number of aromatic nitrogens is 3. The van der Waals surface area contributed by atoms with Crippen LogP contribution in [-0.4, -0.2) is 34.8 Å². The Kier molecular flexibility index (Phi) is 7.15. The molecule has 0 radical (unpaired) electrons. The quantitative estimate of drug-likeness (QED) is 0.211. The van der Waals surface area contributed by atoms with Gasteiger partial charge < -0.3 is 9.15 Å². The molecule has 0 saturated heterocycles. The molecule has 5 rings (SSSR count). The van der Waals surface area contributed by atoms with Crippen LogP contribution in [0.4, 0.5) is 5.69 Å². The van der Waals surface area contributed by atoms with Crippen LogP contribution in [0, 0.1) is 0 Å². The van der Waals surface area contributed by atoms with Crippen molar-refractivity contribution in [1.82, 2.24) is 10.1 Å². The van der Waals surface area contributed by atoms with Crippen molar-refractivity contribution in [1.29, 1.82) is 0 Å². The summed E-state index contributed by atoms with van der Waals surface area (Å²) in [6.45, 7) is 4.01. The van der Waals surface area contributed by atoms with Gasteiger partial charge in [-0.2, -0.15) is 0 Å². The number of nitrogens with one attached hydrogen (secondary N) is 1. The molecular formula is C28H27N4O5S+. The number of benzene rings is 2. The van der Waals surface area contributed by atoms with Crippen molar-refractivity contribution in [3.8, 4) is 22.6 Å². The number of hydrogen-bond acceptors (Lipinski definition) is 7. The maximum absolute atomic E-state index is 13.5. The molecule has 0 aliphatic carbocycles. The molecule has 10 heteroatoms. The van der Waals surface area contributed by atoms with Crippen molar-refractivity contribution in [2.45, 2.75) is 38.0 Å². The molecule has 0 saturated carbocycles. The average Bonchev–Trinajstić information content (AvgIpc) is 3.42. The highest BCUT2D eigenvalue weighted by molar-refractivity contribution is 7.98. The van der Waals surface area contributed by atoms with Crippen LogP contribution in [0.1, 0.15) is 49.0 Å². The zero-order valence-electron chi connectivity index (χ0n) is 21.3. The number of ether oxygens (including phenoxy) is 1. The lowest BCUT2D eigenvalue weighted by molar-refractivity contribution is -0.764. The molecule has 1 amide bonds. The first-order valence-corrected chi connectivity index (χ1v) is 13.6. The van der Waals surface area contributed by atoms with E-state index in [1.54, 1.807) is 52.9 Å². The van der Waals surface area contributed by atoms with Gasteiger partial charge in [0, 0.05) is 17.1 Å². The molecular weight excluding hydrogens is 504 g/mol. The molecule has 1 aliphatic heterocycles. The number of thioether (sulfide) groups is 1. The zero-order chi connectivity index (χ0) is 26.8. The van der Waals surface area contributed by atoms with Crippen LogP contribution < -0.4 is 15.1 Å². The highest BCUT2D eigenvalue weighted by Gasteiger charge is 2.47. The van der Waals surface area contributed by atoms with Gasteiger partial charge in [0.25, 0.3) is 0 Å². The van der Waals surface area contributed by atoms with Gasteiger partial charge in [-0.25, -0.2) is 9.69 Å². The highest BCUT2D eigenvalue weighted by Crippen LogP contribution is 2.39. The molecule has 0 fully saturated rings. The summed E-state index contributed by atoms with van der Waals surface area (Å²) in [4.78, 5) is 43.3. The predicted octanol–water partition coefficient (Wildman–Crippen LogP) is 4.58. The lowest BCUT2D eigenvalue weighted by Gasteiger charge is -2.30. The molecule has 38 heavy (non-hydrogen) atoms. The Morgan fingerprint density at radius 2 is 1.87 bits per heavy atom. The first-order chi connectivity index (χ1) is 18.5. The third-order valence-corrected chi connectivity index (χ3v) is 6.82. The monoisotopic (exact) mass is 531 g/mol. The second kappa shape index (κ2) is 10.7. The lowest BCUT2D eigenvalue weighted by Crippen LogP contribution is -2.60. The molecule has 0 bridgehead atoms. The van der Waals surface area contributed by atoms with Crippen LogP contribution in [0.3, 0.4) is 0 Å². The van der Waals surface area contributed by atoms with Crippen molar-refractivity contribution in [3.05, 3.63) is 82.3 Å². The Morgan fingerprint density at radius 1 is 1.11 bits per heavy atom. The minimum atomic E-state index is -0.806. The molecule has 2 aromatic carbocycles. The number of carbonyl (C=O) groups excluding carboxylic acids is 2. The van der Waals surface area contributed by atoms with Gasteiger partial charge in [0.1, 0.15) is 5.76 Å². The van der Waals surface area contributed by atoms with Gasteiger partial charge in [0.2, 0.25) is 11.1 Å². The minimum Gasteiger partial charge on any atom is -0.462 e. The summed E-state index contributed by atoms with van der Waals surface area (Å²) in [7, 11) is 0. The second-order valence-electron chi connectivity index (χ2n) is 8.66. The number of para-hydroxylation sites is 1. The first-order valence-electron chi connectivity index (χ1n) is 12.4. The molecule has 9 nitrogen and oxygen atoms in total. The van der Waals surface area contributed by atoms with Crippen molar-refractivity contribution in [2.24, 2.45) is 0 Å². The number of amides is 1. The topological polar surface area (TPSA) is 109 Å². The highest BCUT2D eigenvalue weighted by atomic mass is 32.2. The fourth-order valence-corrected chi connectivity index (χ4v) is 4.92. The van der Waals surface area contributed by atoms with Crippen molar-refractivity contribution < 1.29 is 23.4 Å². The molecule has 1 atom stereocenters. The van der Waals surface area contributed by atoms with E-state index < -0.39 is 6.17 Å². The normalized spacial score (nSPS) is 14.1. The largest absolute Gasteiger partial charge is 0.462 e. The van der Waals surface area contributed by atoms with Crippen molar-refractivity contribution in [2.75, 3.05) is 17.8 Å². The van der Waals surface area contributed by atoms with Crippen LogP contribution in [0.25, 0.3) is 22.6 Å². The Hall–Kier alpha value is -4.18. The molecule has 0 spiro atoms. The van der Waals surface area contributed by atoms with Crippen LogP contribution in [0.2, 0.25) is 0 Å². The van der Waals surface area contributed by atoms with Crippen LogP contribution in [-0.2, 0) is 9.53 Å². The number of carbonyl (C=O) groups is 2. The SMILES string of the molecule is CCCC(=O)N1c2ccccc2-c2c(=O)[nH]c(SC)n[n+]2C1c1ccc(-c2ccc(C(=O)OCC)cc2)o1. The van der Waals surface area contributed by atoms with E-state index in [-0.39, 0.29) is 17.4 Å². The number of nitrogens with zero attached hydrogens (tertiary/aromatic N) is 3. The zero-order valence-corrected chi connectivity index (χ0v) is 22.1. The standard InChI is InChI=1S/C28H26N4O5S/c1-4-8-23(33)31-20-10-7-6-9-19(20)24-25(34)29-28(38-3)30-32(24)26(31)22-16-15-21(37-22)17-11-13-18(14-12-17)27(35)36-5-2/h6-7,9-16,26H,4-5,8H2,1-3H3/p+1. The predicted molar refractivity (Wildman–Crippen MR) is 143 cm³/mol. The van der Waals surface area contributed by atoms with E-state index in [9.17, 15) is 14.4 Å². The average molecular weight is 532 g/mol. The van der Waals surface area contributed by atoms with Gasteiger partial charge in [-0.15, -0.1) is 0 Å². The number of hydrogen-bond donors (Lipinski definition) is 1. The minimum absolute atomic E-state index is 0.104. The summed E-state index contributed by atoms with van der Waals surface area (Å²) >= 11 is 1.30. The van der Waals surface area contributed by atoms with Gasteiger partial charge in [0.15, 0.2) is 5.76 Å². The molecule has 1 aliphatic rings. The molecule has 3 heterocycles. The Labute approximate surface area is 223 Å². The van der Waals surface area contributed by atoms with Gasteiger partial charge in [-0.1, -0.05) is 43.0 Å². The Morgan fingerprint density at radius 3 is 2.58 bits per heavy atom. The van der Waals surface area contributed by atoms with Crippen molar-refractivity contribution >= 4 is 29.3 Å². The van der Waals surface area contributed by atoms with E-state index >= 15 is 0 Å². The lowest BCUT2D eigenvalue weighted by atomic mass is 10.0. The molecule has 2 aromatic heterocycles. The van der Waals surface area contributed by atoms with Crippen LogP contribution >= 0.6 is 11.8 Å². The van der Waals surface area contributed by atoms with Crippen LogP contribution in [0.15, 0.2) is 75.0 Å². The van der Waals surface area contributed by atoms with E-state index in [2.05, 4.69) is 4.98 Å². The number of anilines is 1. The number of esters is 1. The Balaban J connectivity index is 1.64. The van der Waals surface area contributed by atoms with Gasteiger partial charge in [0.05, 0.1) is 23.4 Å². The fraction of sp³-hybridized carbons (Fsp3) is 0.250.